The molecule has 2 amide bonds. The fraction of sp³-hybridized carbons (Fsp3) is 0.500. The van der Waals surface area contributed by atoms with E-state index in [9.17, 15) is 9.59 Å². The summed E-state index contributed by atoms with van der Waals surface area (Å²) in [7, 11) is 1.38. The third-order valence-electron chi connectivity index (χ3n) is 4.30. The van der Waals surface area contributed by atoms with Gasteiger partial charge in [0.1, 0.15) is 24.2 Å². The quantitative estimate of drug-likeness (QED) is 0.489. The summed E-state index contributed by atoms with van der Waals surface area (Å²) in [5.41, 5.74) is 2.76. The number of fused-ring (bicyclic) bond motifs is 1. The highest BCUT2D eigenvalue weighted by molar-refractivity contribution is 8.00. The van der Waals surface area contributed by atoms with E-state index in [2.05, 4.69) is 15.5 Å². The van der Waals surface area contributed by atoms with Crippen LogP contribution in [0.4, 0.5) is 0 Å². The van der Waals surface area contributed by atoms with Crippen molar-refractivity contribution in [1.29, 1.82) is 0 Å². The van der Waals surface area contributed by atoms with Gasteiger partial charge in [-0.15, -0.1) is 23.1 Å². The van der Waals surface area contributed by atoms with E-state index in [4.69, 9.17) is 4.84 Å². The van der Waals surface area contributed by atoms with Gasteiger partial charge in [-0.3, -0.25) is 14.5 Å². The van der Waals surface area contributed by atoms with Crippen LogP contribution in [0.5, 0.6) is 0 Å². The summed E-state index contributed by atoms with van der Waals surface area (Å²) < 4.78 is 0. The van der Waals surface area contributed by atoms with Crippen LogP contribution in [0.25, 0.3) is 0 Å². The van der Waals surface area contributed by atoms with Crippen LogP contribution in [-0.2, 0) is 14.4 Å². The summed E-state index contributed by atoms with van der Waals surface area (Å²) in [5, 5.41) is 7.42. The number of oxime groups is 1. The van der Waals surface area contributed by atoms with Crippen LogP contribution in [0.3, 0.4) is 0 Å². The summed E-state index contributed by atoms with van der Waals surface area (Å²) in [6, 6.07) is -0.553. The number of nitrogens with zero attached hydrogens (tertiary/aromatic N) is 3. The molecule has 0 aliphatic carbocycles. The smallest absolute Gasteiger partial charge is 0.276 e. The van der Waals surface area contributed by atoms with Crippen molar-refractivity contribution >= 4 is 40.6 Å². The van der Waals surface area contributed by atoms with Gasteiger partial charge in [-0.25, -0.2) is 4.98 Å². The van der Waals surface area contributed by atoms with Gasteiger partial charge in [0.05, 0.1) is 5.01 Å². The average molecular weight is 380 g/mol. The van der Waals surface area contributed by atoms with Crippen LogP contribution in [0.2, 0.25) is 0 Å². The number of nitrogens with one attached hydrogen (secondary N) is 1. The molecule has 1 aromatic rings. The Morgan fingerprint density at radius 2 is 2.08 bits per heavy atom. The number of β-lactam (4-membered cyclic amide) rings is 1. The van der Waals surface area contributed by atoms with Crippen molar-refractivity contribution in [3.05, 3.63) is 26.8 Å². The zero-order chi connectivity index (χ0) is 18.3. The Morgan fingerprint density at radius 1 is 1.36 bits per heavy atom. The topological polar surface area (TPSA) is 83.9 Å². The van der Waals surface area contributed by atoms with E-state index >= 15 is 0 Å². The van der Waals surface area contributed by atoms with Crippen LogP contribution in [0, 0.1) is 13.8 Å². The van der Waals surface area contributed by atoms with Gasteiger partial charge < -0.3 is 10.2 Å². The van der Waals surface area contributed by atoms with Gasteiger partial charge in [-0.2, -0.15) is 0 Å². The molecule has 1 N–H and O–H groups in total. The molecule has 25 heavy (non-hydrogen) atoms. The first kappa shape index (κ1) is 17.9. The Bertz CT molecular complexity index is 799. The minimum Gasteiger partial charge on any atom is -0.398 e. The van der Waals surface area contributed by atoms with Crippen molar-refractivity contribution in [2.75, 3.05) is 12.9 Å². The van der Waals surface area contributed by atoms with Gasteiger partial charge in [0.15, 0.2) is 5.71 Å². The molecule has 0 saturated carbocycles. The Kier molecular flexibility index (Phi) is 4.88. The second-order valence-corrected chi connectivity index (χ2v) is 8.50. The van der Waals surface area contributed by atoms with Crippen molar-refractivity contribution in [2.24, 2.45) is 5.16 Å². The highest BCUT2D eigenvalue weighted by Crippen LogP contribution is 2.39. The molecule has 2 aliphatic heterocycles. The van der Waals surface area contributed by atoms with Gasteiger partial charge in [-0.05, 0) is 33.3 Å². The molecule has 2 atom stereocenters. The lowest BCUT2D eigenvalue weighted by Crippen LogP contribution is -2.70. The van der Waals surface area contributed by atoms with E-state index in [1.807, 2.05) is 27.7 Å². The SMILES string of the molecule is CON=C(C(=O)NC1C(=O)N2C(C)=C(C)CSC12)c1nc(C)sc1C. The van der Waals surface area contributed by atoms with E-state index in [-0.39, 0.29) is 17.0 Å². The summed E-state index contributed by atoms with van der Waals surface area (Å²) in [6.07, 6.45) is 0. The maximum Gasteiger partial charge on any atom is 0.276 e. The number of hydrogen-bond donors (Lipinski definition) is 1. The summed E-state index contributed by atoms with van der Waals surface area (Å²) in [6.45, 7) is 7.71. The number of carbonyl (C=O) groups is 2. The predicted octanol–water partition coefficient (Wildman–Crippen LogP) is 1.80. The third-order valence-corrected chi connectivity index (χ3v) is 6.62. The number of allylic oxidation sites excluding steroid dienone is 1. The van der Waals surface area contributed by atoms with E-state index in [0.29, 0.717) is 5.69 Å². The molecule has 134 valence electrons. The molecule has 0 bridgehead atoms. The maximum absolute atomic E-state index is 12.7. The van der Waals surface area contributed by atoms with Crippen molar-refractivity contribution in [3.8, 4) is 0 Å². The molecule has 1 aromatic heterocycles. The Labute approximate surface area is 154 Å². The summed E-state index contributed by atoms with van der Waals surface area (Å²) >= 11 is 3.14. The highest BCUT2D eigenvalue weighted by Gasteiger charge is 2.51. The number of rotatable bonds is 4. The lowest BCUT2D eigenvalue weighted by atomic mass is 10.0. The summed E-state index contributed by atoms with van der Waals surface area (Å²) in [4.78, 5) is 37.0. The first-order chi connectivity index (χ1) is 11.8. The lowest BCUT2D eigenvalue weighted by molar-refractivity contribution is -0.144. The van der Waals surface area contributed by atoms with Crippen molar-refractivity contribution in [3.63, 3.8) is 0 Å². The zero-order valence-electron chi connectivity index (χ0n) is 14.7. The monoisotopic (exact) mass is 380 g/mol. The van der Waals surface area contributed by atoms with Crippen LogP contribution < -0.4 is 5.32 Å². The van der Waals surface area contributed by atoms with Crippen LogP contribution >= 0.6 is 23.1 Å². The Balaban J connectivity index is 1.79. The van der Waals surface area contributed by atoms with E-state index in [1.165, 1.54) is 24.0 Å². The summed E-state index contributed by atoms with van der Waals surface area (Å²) in [5.74, 6) is 0.318. The molecule has 2 unspecified atom stereocenters. The largest absolute Gasteiger partial charge is 0.398 e. The van der Waals surface area contributed by atoms with Crippen molar-refractivity contribution in [1.82, 2.24) is 15.2 Å². The van der Waals surface area contributed by atoms with Crippen LogP contribution in [-0.4, -0.2) is 51.7 Å². The number of thiazole rings is 1. The minimum atomic E-state index is -0.553. The number of amides is 2. The number of thioether (sulfide) groups is 1. The van der Waals surface area contributed by atoms with Gasteiger partial charge in [0.25, 0.3) is 11.8 Å². The van der Waals surface area contributed by atoms with Gasteiger partial charge in [0.2, 0.25) is 0 Å². The Hall–Kier alpha value is -1.87. The van der Waals surface area contributed by atoms with Gasteiger partial charge in [0, 0.05) is 16.3 Å². The van der Waals surface area contributed by atoms with Gasteiger partial charge >= 0.3 is 0 Å². The molecule has 3 heterocycles. The zero-order valence-corrected chi connectivity index (χ0v) is 16.4. The van der Waals surface area contributed by atoms with Crippen LogP contribution in [0.1, 0.15) is 29.4 Å². The second kappa shape index (κ2) is 6.80. The number of aryl methyl sites for hydroxylation is 2. The number of hydrogen-bond acceptors (Lipinski definition) is 7. The van der Waals surface area contributed by atoms with Crippen LogP contribution in [0.15, 0.2) is 16.4 Å². The normalized spacial score (nSPS) is 23.3. The maximum atomic E-state index is 12.7. The molecule has 1 saturated heterocycles. The Morgan fingerprint density at radius 3 is 2.68 bits per heavy atom. The average Bonchev–Trinajstić information content (AvgIpc) is 2.90. The standard InChI is InChI=1S/C16H20N4O3S2/c1-7-6-24-16-13(15(22)20(16)8(7)2)18-14(21)12(19-23-5)11-9(3)25-10(4)17-11/h13,16H,6H2,1-5H3,(H,18,21). The van der Waals surface area contributed by atoms with Gasteiger partial charge in [-0.1, -0.05) is 5.16 Å². The molecule has 0 spiro atoms. The first-order valence-corrected chi connectivity index (χ1v) is 9.69. The molecular formula is C16H20N4O3S2. The van der Waals surface area contributed by atoms with Crippen molar-refractivity contribution in [2.45, 2.75) is 39.1 Å². The molecule has 2 aliphatic rings. The number of aromatic nitrogens is 1. The molecular weight excluding hydrogens is 360 g/mol. The molecule has 0 aromatic carbocycles. The molecule has 9 heteroatoms. The fourth-order valence-corrected chi connectivity index (χ4v) is 5.12. The van der Waals surface area contributed by atoms with Crippen molar-refractivity contribution < 1.29 is 14.4 Å². The molecule has 7 nitrogen and oxygen atoms in total. The third kappa shape index (κ3) is 3.06. The predicted molar refractivity (Wildman–Crippen MR) is 98.5 cm³/mol. The van der Waals surface area contributed by atoms with E-state index < -0.39 is 11.9 Å². The highest BCUT2D eigenvalue weighted by atomic mass is 32.2. The lowest BCUT2D eigenvalue weighted by Gasteiger charge is -2.49. The number of carbonyl (C=O) groups excluding carboxylic acids is 2. The molecule has 3 rings (SSSR count). The fourth-order valence-electron chi connectivity index (χ4n) is 2.89. The van der Waals surface area contributed by atoms with E-state index in [1.54, 1.807) is 16.7 Å². The minimum absolute atomic E-state index is 0.0674. The first-order valence-electron chi connectivity index (χ1n) is 7.82. The molecule has 0 radical (unpaired) electrons. The van der Waals surface area contributed by atoms with E-state index in [0.717, 1.165) is 21.3 Å². The second-order valence-electron chi connectivity index (χ2n) is 5.99. The molecule has 1 fully saturated rings.